The summed E-state index contributed by atoms with van der Waals surface area (Å²) in [5.41, 5.74) is 1.30. The van der Waals surface area contributed by atoms with E-state index in [-0.39, 0.29) is 37.1 Å². The maximum atomic E-state index is 12.4. The molecule has 30 heavy (non-hydrogen) atoms. The number of ether oxygens (including phenoxy) is 2. The van der Waals surface area contributed by atoms with E-state index >= 15 is 0 Å². The summed E-state index contributed by atoms with van der Waals surface area (Å²) in [6.07, 6.45) is -2.50. The molecule has 0 atom stereocenters. The van der Waals surface area contributed by atoms with Crippen molar-refractivity contribution < 1.29 is 32.2 Å². The van der Waals surface area contributed by atoms with E-state index in [0.717, 1.165) is 0 Å². The number of alkyl halides is 3. The molecule has 0 saturated heterocycles. The molecule has 2 aromatic rings. The van der Waals surface area contributed by atoms with Crippen molar-refractivity contribution in [2.75, 3.05) is 13.2 Å². The van der Waals surface area contributed by atoms with Crippen molar-refractivity contribution in [1.29, 1.82) is 0 Å². The van der Waals surface area contributed by atoms with Crippen LogP contribution in [0.4, 0.5) is 13.2 Å². The summed E-state index contributed by atoms with van der Waals surface area (Å²) in [7, 11) is 0. The molecule has 7 nitrogen and oxygen atoms in total. The zero-order valence-electron chi connectivity index (χ0n) is 16.6. The Bertz CT molecular complexity index is 888. The van der Waals surface area contributed by atoms with Crippen LogP contribution < -0.4 is 14.8 Å². The zero-order valence-corrected chi connectivity index (χ0v) is 16.6. The van der Waals surface area contributed by atoms with Gasteiger partial charge in [-0.2, -0.15) is 18.2 Å². The Balaban J connectivity index is 2.06. The molecule has 0 spiro atoms. The van der Waals surface area contributed by atoms with E-state index in [1.54, 1.807) is 19.9 Å². The van der Waals surface area contributed by atoms with Crippen LogP contribution in [0.15, 0.2) is 30.5 Å². The number of pyridine rings is 2. The number of carbonyl (C=O) groups is 2. The largest absolute Gasteiger partial charge is 0.478 e. The number of Topliss-reactive ketones (excluding diaryl/α,β-unsaturated/α-hetero) is 1. The second kappa shape index (κ2) is 10.6. The molecular weight excluding hydrogens is 403 g/mol. The highest BCUT2D eigenvalue weighted by atomic mass is 19.4. The van der Waals surface area contributed by atoms with Crippen LogP contribution in [0.2, 0.25) is 0 Å². The molecule has 0 aliphatic heterocycles. The van der Waals surface area contributed by atoms with Crippen LogP contribution in [0.5, 0.6) is 11.8 Å². The molecule has 0 radical (unpaired) electrons. The third kappa shape index (κ3) is 7.34. The molecule has 162 valence electrons. The average Bonchev–Trinajstić information content (AvgIpc) is 2.71. The Morgan fingerprint density at radius 1 is 1.13 bits per heavy atom. The predicted octanol–water partition coefficient (Wildman–Crippen LogP) is 3.27. The lowest BCUT2D eigenvalue weighted by Crippen LogP contribution is -2.24. The topological polar surface area (TPSA) is 90.4 Å². The summed E-state index contributed by atoms with van der Waals surface area (Å²) in [6, 6.07) is 5.81. The SMILES string of the molecule is CCOc1nc(OCC(F)(F)F)ccc1CNC(=O)c1ccnc(CC(=O)CC)c1. The predicted molar refractivity (Wildman–Crippen MR) is 101 cm³/mol. The number of rotatable bonds is 10. The van der Waals surface area contributed by atoms with Crippen molar-refractivity contribution in [3.05, 3.63) is 47.3 Å². The maximum absolute atomic E-state index is 12.4. The fourth-order valence-electron chi connectivity index (χ4n) is 2.41. The third-order valence-electron chi connectivity index (χ3n) is 3.87. The fraction of sp³-hybridized carbons (Fsp3) is 0.400. The standard InChI is InChI=1S/C20H22F3N3O4/c1-3-16(27)10-15-9-13(7-8-24-15)18(28)25-11-14-5-6-17(26-19(14)29-4-2)30-12-20(21,22)23/h5-9H,3-4,10-12H2,1-2H3,(H,25,28). The normalized spacial score (nSPS) is 11.1. The molecule has 0 aliphatic carbocycles. The number of halogens is 3. The highest BCUT2D eigenvalue weighted by Gasteiger charge is 2.28. The zero-order chi connectivity index (χ0) is 22.1. The molecule has 2 heterocycles. The molecule has 2 aromatic heterocycles. The molecule has 0 fully saturated rings. The molecule has 1 amide bonds. The summed E-state index contributed by atoms with van der Waals surface area (Å²) in [5.74, 6) is -0.547. The van der Waals surface area contributed by atoms with Gasteiger partial charge in [0.05, 0.1) is 6.61 Å². The molecule has 1 N–H and O–H groups in total. The highest BCUT2D eigenvalue weighted by molar-refractivity contribution is 5.94. The van der Waals surface area contributed by atoms with Crippen LogP contribution in [0.25, 0.3) is 0 Å². The van der Waals surface area contributed by atoms with E-state index < -0.39 is 18.7 Å². The summed E-state index contributed by atoms with van der Waals surface area (Å²) >= 11 is 0. The van der Waals surface area contributed by atoms with Crippen LogP contribution in [0.3, 0.4) is 0 Å². The summed E-state index contributed by atoms with van der Waals surface area (Å²) in [4.78, 5) is 32.0. The Morgan fingerprint density at radius 3 is 2.57 bits per heavy atom. The van der Waals surface area contributed by atoms with Gasteiger partial charge in [-0.25, -0.2) is 0 Å². The molecule has 0 saturated carbocycles. The van der Waals surface area contributed by atoms with Crippen LogP contribution in [-0.4, -0.2) is 41.0 Å². The van der Waals surface area contributed by atoms with E-state index in [4.69, 9.17) is 4.74 Å². The van der Waals surface area contributed by atoms with Gasteiger partial charge in [0.15, 0.2) is 6.61 Å². The number of ketones is 1. The van der Waals surface area contributed by atoms with Gasteiger partial charge in [-0.1, -0.05) is 6.92 Å². The summed E-state index contributed by atoms with van der Waals surface area (Å²) in [6.45, 7) is 2.25. The first-order chi connectivity index (χ1) is 14.2. The minimum absolute atomic E-state index is 0.0142. The number of nitrogens with one attached hydrogen (secondary N) is 1. The number of nitrogens with zero attached hydrogens (tertiary/aromatic N) is 2. The number of carbonyl (C=O) groups excluding carboxylic acids is 2. The Hall–Kier alpha value is -3.17. The van der Waals surface area contributed by atoms with Crippen molar-refractivity contribution in [2.24, 2.45) is 0 Å². The van der Waals surface area contributed by atoms with Gasteiger partial charge in [0, 0.05) is 48.5 Å². The van der Waals surface area contributed by atoms with Gasteiger partial charge >= 0.3 is 6.18 Å². The van der Waals surface area contributed by atoms with Crippen molar-refractivity contribution in [3.8, 4) is 11.8 Å². The first-order valence-corrected chi connectivity index (χ1v) is 9.29. The first-order valence-electron chi connectivity index (χ1n) is 9.29. The number of aromatic nitrogens is 2. The van der Waals surface area contributed by atoms with Crippen LogP contribution in [-0.2, 0) is 17.8 Å². The molecule has 2 rings (SSSR count). The Labute approximate surface area is 171 Å². The molecule has 0 aromatic carbocycles. The quantitative estimate of drug-likeness (QED) is 0.628. The van der Waals surface area contributed by atoms with Crippen molar-refractivity contribution in [2.45, 2.75) is 39.4 Å². The van der Waals surface area contributed by atoms with Gasteiger partial charge in [0.25, 0.3) is 5.91 Å². The Kier molecular flexibility index (Phi) is 8.14. The summed E-state index contributed by atoms with van der Waals surface area (Å²) < 4.78 is 46.9. The lowest BCUT2D eigenvalue weighted by atomic mass is 10.1. The van der Waals surface area contributed by atoms with Crippen molar-refractivity contribution in [3.63, 3.8) is 0 Å². The van der Waals surface area contributed by atoms with Crippen LogP contribution in [0.1, 0.15) is 41.9 Å². The van der Waals surface area contributed by atoms with Gasteiger partial charge in [0.2, 0.25) is 11.8 Å². The van der Waals surface area contributed by atoms with E-state index in [1.165, 1.54) is 24.4 Å². The van der Waals surface area contributed by atoms with Crippen LogP contribution >= 0.6 is 0 Å². The molecule has 0 aliphatic rings. The van der Waals surface area contributed by atoms with Gasteiger partial charge in [-0.15, -0.1) is 0 Å². The number of hydrogen-bond donors (Lipinski definition) is 1. The van der Waals surface area contributed by atoms with Crippen molar-refractivity contribution >= 4 is 11.7 Å². The number of amides is 1. The molecule has 0 unspecified atom stereocenters. The minimum atomic E-state index is -4.48. The molecule has 10 heteroatoms. The monoisotopic (exact) mass is 425 g/mol. The van der Waals surface area contributed by atoms with E-state index in [0.29, 0.717) is 23.2 Å². The van der Waals surface area contributed by atoms with Gasteiger partial charge < -0.3 is 14.8 Å². The second-order valence-corrected chi connectivity index (χ2v) is 6.24. The van der Waals surface area contributed by atoms with Gasteiger partial charge in [-0.05, 0) is 25.1 Å². The number of hydrogen-bond acceptors (Lipinski definition) is 6. The lowest BCUT2D eigenvalue weighted by Gasteiger charge is -2.13. The average molecular weight is 425 g/mol. The lowest BCUT2D eigenvalue weighted by molar-refractivity contribution is -0.154. The second-order valence-electron chi connectivity index (χ2n) is 6.24. The van der Waals surface area contributed by atoms with Gasteiger partial charge in [-0.3, -0.25) is 14.6 Å². The van der Waals surface area contributed by atoms with E-state index in [1.807, 2.05) is 0 Å². The third-order valence-corrected chi connectivity index (χ3v) is 3.87. The molecule has 0 bridgehead atoms. The van der Waals surface area contributed by atoms with Crippen LogP contribution in [0, 0.1) is 0 Å². The first kappa shape index (κ1) is 23.1. The summed E-state index contributed by atoms with van der Waals surface area (Å²) in [5, 5.41) is 2.69. The van der Waals surface area contributed by atoms with E-state index in [9.17, 15) is 22.8 Å². The van der Waals surface area contributed by atoms with Gasteiger partial charge in [0.1, 0.15) is 5.78 Å². The fourth-order valence-corrected chi connectivity index (χ4v) is 2.41. The highest BCUT2D eigenvalue weighted by Crippen LogP contribution is 2.22. The molecular formula is C20H22F3N3O4. The minimum Gasteiger partial charge on any atom is -0.478 e. The van der Waals surface area contributed by atoms with E-state index in [2.05, 4.69) is 20.0 Å². The Morgan fingerprint density at radius 2 is 1.90 bits per heavy atom. The maximum Gasteiger partial charge on any atom is 0.422 e. The smallest absolute Gasteiger partial charge is 0.422 e. The van der Waals surface area contributed by atoms with Crippen molar-refractivity contribution in [1.82, 2.24) is 15.3 Å².